The van der Waals surface area contributed by atoms with Crippen LogP contribution in [-0.2, 0) is 9.47 Å². The summed E-state index contributed by atoms with van der Waals surface area (Å²) in [5, 5.41) is 6.30. The molecule has 1 N–H and O–H groups in total. The normalized spacial score (nSPS) is 22.0. The van der Waals surface area contributed by atoms with E-state index in [4.69, 9.17) is 14.0 Å². The average molecular weight is 296 g/mol. The van der Waals surface area contributed by atoms with Crippen molar-refractivity contribution in [3.05, 3.63) is 5.82 Å². The second kappa shape index (κ2) is 5.98. The molecule has 1 spiro atoms. The first-order chi connectivity index (χ1) is 10.2. The van der Waals surface area contributed by atoms with E-state index in [2.05, 4.69) is 15.5 Å². The predicted octanol–water partition coefficient (Wildman–Crippen LogP) is 1.04. The van der Waals surface area contributed by atoms with Crippen LogP contribution in [0.5, 0.6) is 0 Å². The van der Waals surface area contributed by atoms with E-state index in [9.17, 15) is 4.79 Å². The zero-order chi connectivity index (χ0) is 14.7. The molecular formula is C13H20N4O4. The number of nitrogens with zero attached hydrogens (tertiary/aromatic N) is 3. The van der Waals surface area contributed by atoms with Crippen molar-refractivity contribution in [2.24, 2.45) is 5.41 Å². The van der Waals surface area contributed by atoms with Crippen LogP contribution in [0.15, 0.2) is 4.52 Å². The standard InChI is InChI=1S/C13H20N4O4/c1-10-14-11(21-16-10)15-12(18)17-4-7-20-9-13(8-17)2-5-19-6-3-13/h2-9H2,1H3,(H,14,15,16,18). The molecule has 0 unspecified atom stereocenters. The maximum atomic E-state index is 12.4. The third kappa shape index (κ3) is 3.33. The molecule has 2 amide bonds. The van der Waals surface area contributed by atoms with Crippen LogP contribution in [0.1, 0.15) is 18.7 Å². The number of anilines is 1. The molecule has 1 aromatic rings. The van der Waals surface area contributed by atoms with Crippen LogP contribution < -0.4 is 5.32 Å². The lowest BCUT2D eigenvalue weighted by molar-refractivity contribution is -0.0292. The molecule has 0 aliphatic carbocycles. The molecular weight excluding hydrogens is 276 g/mol. The number of aryl methyl sites for hydroxylation is 1. The molecule has 0 bridgehead atoms. The monoisotopic (exact) mass is 296 g/mol. The number of amides is 2. The minimum Gasteiger partial charge on any atom is -0.381 e. The highest BCUT2D eigenvalue weighted by molar-refractivity contribution is 5.87. The van der Waals surface area contributed by atoms with Crippen molar-refractivity contribution in [2.75, 3.05) is 44.8 Å². The molecule has 116 valence electrons. The average Bonchev–Trinajstić information content (AvgIpc) is 2.77. The first-order valence-electron chi connectivity index (χ1n) is 7.19. The summed E-state index contributed by atoms with van der Waals surface area (Å²) in [5.74, 6) is 0.491. The molecule has 8 nitrogen and oxygen atoms in total. The van der Waals surface area contributed by atoms with Gasteiger partial charge in [0.25, 0.3) is 0 Å². The van der Waals surface area contributed by atoms with Crippen molar-refractivity contribution in [2.45, 2.75) is 19.8 Å². The van der Waals surface area contributed by atoms with E-state index in [1.165, 1.54) is 0 Å². The number of aromatic nitrogens is 2. The van der Waals surface area contributed by atoms with E-state index in [0.717, 1.165) is 26.1 Å². The Labute approximate surface area is 122 Å². The zero-order valence-electron chi connectivity index (χ0n) is 12.1. The summed E-state index contributed by atoms with van der Waals surface area (Å²) < 4.78 is 16.0. The van der Waals surface area contributed by atoms with Crippen molar-refractivity contribution in [1.29, 1.82) is 0 Å². The van der Waals surface area contributed by atoms with Gasteiger partial charge in [0.05, 0.1) is 13.2 Å². The highest BCUT2D eigenvalue weighted by Crippen LogP contribution is 2.33. The minimum absolute atomic E-state index is 0.00313. The Bertz CT molecular complexity index is 498. The molecule has 2 aliphatic heterocycles. The summed E-state index contributed by atoms with van der Waals surface area (Å²) in [7, 11) is 0. The van der Waals surface area contributed by atoms with Crippen molar-refractivity contribution in [3.63, 3.8) is 0 Å². The summed E-state index contributed by atoms with van der Waals surface area (Å²) in [6.45, 7) is 5.59. The third-order valence-corrected chi connectivity index (χ3v) is 4.02. The van der Waals surface area contributed by atoms with Crippen LogP contribution in [0.25, 0.3) is 0 Å². The van der Waals surface area contributed by atoms with Gasteiger partial charge in [-0.3, -0.25) is 5.32 Å². The topological polar surface area (TPSA) is 89.7 Å². The Balaban J connectivity index is 1.66. The summed E-state index contributed by atoms with van der Waals surface area (Å²) in [5.41, 5.74) is -0.00313. The summed E-state index contributed by atoms with van der Waals surface area (Å²) >= 11 is 0. The quantitative estimate of drug-likeness (QED) is 0.832. The second-order valence-corrected chi connectivity index (χ2v) is 5.66. The maximum Gasteiger partial charge on any atom is 0.329 e. The lowest BCUT2D eigenvalue weighted by Crippen LogP contribution is -2.46. The first kappa shape index (κ1) is 14.3. The van der Waals surface area contributed by atoms with E-state index in [0.29, 0.717) is 32.1 Å². The number of ether oxygens (including phenoxy) is 2. The van der Waals surface area contributed by atoms with Crippen LogP contribution in [0.2, 0.25) is 0 Å². The molecule has 2 fully saturated rings. The Morgan fingerprint density at radius 2 is 2.10 bits per heavy atom. The number of nitrogens with one attached hydrogen (secondary N) is 1. The van der Waals surface area contributed by atoms with Crippen LogP contribution in [0.3, 0.4) is 0 Å². The van der Waals surface area contributed by atoms with E-state index in [1.54, 1.807) is 11.8 Å². The van der Waals surface area contributed by atoms with Crippen LogP contribution >= 0.6 is 0 Å². The van der Waals surface area contributed by atoms with Gasteiger partial charge in [-0.1, -0.05) is 5.16 Å². The van der Waals surface area contributed by atoms with Gasteiger partial charge in [0.1, 0.15) is 0 Å². The Kier molecular flexibility index (Phi) is 4.07. The molecule has 8 heteroatoms. The summed E-state index contributed by atoms with van der Waals surface area (Å²) in [4.78, 5) is 18.1. The van der Waals surface area contributed by atoms with Gasteiger partial charge < -0.3 is 18.9 Å². The molecule has 21 heavy (non-hydrogen) atoms. The number of hydrogen-bond acceptors (Lipinski definition) is 6. The summed E-state index contributed by atoms with van der Waals surface area (Å²) in [6.07, 6.45) is 1.83. The number of carbonyl (C=O) groups excluding carboxylic acids is 1. The SMILES string of the molecule is Cc1noc(NC(=O)N2CCOCC3(CCOCC3)C2)n1. The van der Waals surface area contributed by atoms with Crippen molar-refractivity contribution >= 4 is 12.0 Å². The van der Waals surface area contributed by atoms with Gasteiger partial charge in [0.2, 0.25) is 0 Å². The molecule has 2 saturated heterocycles. The van der Waals surface area contributed by atoms with Crippen LogP contribution in [0.4, 0.5) is 10.8 Å². The van der Waals surface area contributed by atoms with Gasteiger partial charge in [-0.25, -0.2) is 4.79 Å². The highest BCUT2D eigenvalue weighted by atomic mass is 16.5. The Hall–Kier alpha value is -1.67. The Morgan fingerprint density at radius 3 is 2.81 bits per heavy atom. The van der Waals surface area contributed by atoms with E-state index >= 15 is 0 Å². The van der Waals surface area contributed by atoms with Gasteiger partial charge in [0, 0.05) is 31.7 Å². The van der Waals surface area contributed by atoms with E-state index in [1.807, 2.05) is 0 Å². The minimum atomic E-state index is -0.227. The van der Waals surface area contributed by atoms with E-state index < -0.39 is 0 Å². The maximum absolute atomic E-state index is 12.4. The lowest BCUT2D eigenvalue weighted by atomic mass is 9.80. The number of urea groups is 1. The predicted molar refractivity (Wildman–Crippen MR) is 72.9 cm³/mol. The molecule has 3 rings (SSSR count). The number of hydrogen-bond donors (Lipinski definition) is 1. The third-order valence-electron chi connectivity index (χ3n) is 4.02. The number of carbonyl (C=O) groups is 1. The first-order valence-corrected chi connectivity index (χ1v) is 7.19. The van der Waals surface area contributed by atoms with Gasteiger partial charge in [-0.05, 0) is 19.8 Å². The summed E-state index contributed by atoms with van der Waals surface area (Å²) in [6, 6.07) is -0.0984. The molecule has 1 aromatic heterocycles. The fraction of sp³-hybridized carbons (Fsp3) is 0.769. The smallest absolute Gasteiger partial charge is 0.329 e. The van der Waals surface area contributed by atoms with Gasteiger partial charge in [-0.2, -0.15) is 4.98 Å². The van der Waals surface area contributed by atoms with Gasteiger partial charge in [0.15, 0.2) is 5.82 Å². The molecule has 3 heterocycles. The number of rotatable bonds is 1. The zero-order valence-corrected chi connectivity index (χ0v) is 12.1. The van der Waals surface area contributed by atoms with Crippen molar-refractivity contribution in [1.82, 2.24) is 15.0 Å². The fourth-order valence-corrected chi connectivity index (χ4v) is 2.79. The fourth-order valence-electron chi connectivity index (χ4n) is 2.79. The van der Waals surface area contributed by atoms with Crippen molar-refractivity contribution < 1.29 is 18.8 Å². The molecule has 0 saturated carbocycles. The second-order valence-electron chi connectivity index (χ2n) is 5.66. The van der Waals surface area contributed by atoms with E-state index in [-0.39, 0.29) is 17.5 Å². The molecule has 2 aliphatic rings. The molecule has 0 aromatic carbocycles. The van der Waals surface area contributed by atoms with Gasteiger partial charge >= 0.3 is 12.0 Å². The molecule has 0 atom stereocenters. The molecule has 0 radical (unpaired) electrons. The van der Waals surface area contributed by atoms with Crippen LogP contribution in [-0.4, -0.2) is 60.6 Å². The lowest BCUT2D eigenvalue weighted by Gasteiger charge is -2.38. The largest absolute Gasteiger partial charge is 0.381 e. The highest BCUT2D eigenvalue weighted by Gasteiger charge is 2.38. The Morgan fingerprint density at radius 1 is 1.29 bits per heavy atom. The van der Waals surface area contributed by atoms with Crippen LogP contribution in [0, 0.1) is 12.3 Å². The van der Waals surface area contributed by atoms with Gasteiger partial charge in [-0.15, -0.1) is 0 Å². The van der Waals surface area contributed by atoms with Crippen molar-refractivity contribution in [3.8, 4) is 0 Å².